The smallest absolute Gasteiger partial charge is 0.266 e. The van der Waals surface area contributed by atoms with Crippen molar-refractivity contribution < 1.29 is 4.79 Å². The number of nitrogens with one attached hydrogen (secondary N) is 1. The second-order valence-electron chi connectivity index (χ2n) is 6.39. The van der Waals surface area contributed by atoms with Crippen LogP contribution in [0.3, 0.4) is 0 Å². The van der Waals surface area contributed by atoms with Crippen LogP contribution in [0.25, 0.3) is 11.8 Å². The number of carbonyl (C=O) groups excluding carboxylic acids is 1. The number of nitriles is 1. The van der Waals surface area contributed by atoms with Gasteiger partial charge in [0.2, 0.25) is 0 Å². The minimum atomic E-state index is -0.532. The first kappa shape index (κ1) is 21.4. The number of hydrogen-bond donors (Lipinski definition) is 1. The first-order chi connectivity index (χ1) is 13.8. The molecule has 0 bridgehead atoms. The highest BCUT2D eigenvalue weighted by Crippen LogP contribution is 2.27. The number of rotatable bonds is 4. The Morgan fingerprint density at radius 1 is 1.14 bits per heavy atom. The van der Waals surface area contributed by atoms with E-state index in [9.17, 15) is 10.1 Å². The molecule has 0 unspecified atom stereocenters. The van der Waals surface area contributed by atoms with Gasteiger partial charge in [-0.05, 0) is 96.6 Å². The molecule has 0 radical (unpaired) electrons. The lowest BCUT2D eigenvalue weighted by atomic mass is 10.1. The molecule has 3 aromatic rings. The number of benzene rings is 2. The quantitative estimate of drug-likeness (QED) is 0.234. The molecule has 0 aliphatic heterocycles. The topological polar surface area (TPSA) is 57.8 Å². The Hall–Kier alpha value is -2.27. The van der Waals surface area contributed by atoms with Crippen LogP contribution in [0.2, 0.25) is 10.0 Å². The Bertz CT molecular complexity index is 1160. The number of halogens is 3. The van der Waals surface area contributed by atoms with Gasteiger partial charge in [0, 0.05) is 25.7 Å². The summed E-state index contributed by atoms with van der Waals surface area (Å²) in [5.74, 6) is -0.532. The highest BCUT2D eigenvalue weighted by Gasteiger charge is 2.15. The van der Waals surface area contributed by atoms with Gasteiger partial charge in [0.1, 0.15) is 11.6 Å². The molecule has 1 N–H and O–H groups in total. The van der Waals surface area contributed by atoms with Crippen molar-refractivity contribution in [2.75, 3.05) is 5.32 Å². The fourth-order valence-electron chi connectivity index (χ4n) is 3.01. The van der Waals surface area contributed by atoms with Crippen molar-refractivity contribution in [1.29, 1.82) is 5.26 Å². The summed E-state index contributed by atoms with van der Waals surface area (Å²) in [7, 11) is 0. The summed E-state index contributed by atoms with van der Waals surface area (Å²) in [6, 6.07) is 16.8. The average molecular weight is 536 g/mol. The van der Waals surface area contributed by atoms with Crippen molar-refractivity contribution in [3.05, 3.63) is 84.7 Å². The first-order valence-corrected chi connectivity index (χ1v) is 10.5. The fourth-order valence-corrected chi connectivity index (χ4v) is 3.82. The van der Waals surface area contributed by atoms with Crippen molar-refractivity contribution >= 4 is 63.5 Å². The minimum Gasteiger partial charge on any atom is -0.320 e. The van der Waals surface area contributed by atoms with Gasteiger partial charge in [-0.25, -0.2) is 0 Å². The van der Waals surface area contributed by atoms with E-state index in [1.165, 1.54) is 6.07 Å². The highest BCUT2D eigenvalue weighted by atomic mass is 127. The average Bonchev–Trinajstić information content (AvgIpc) is 2.96. The van der Waals surface area contributed by atoms with Gasteiger partial charge in [0.05, 0.1) is 10.7 Å². The zero-order valence-corrected chi connectivity index (χ0v) is 19.3. The Kier molecular flexibility index (Phi) is 6.68. The lowest BCUT2D eigenvalue weighted by molar-refractivity contribution is -0.112. The monoisotopic (exact) mass is 535 g/mol. The van der Waals surface area contributed by atoms with Gasteiger partial charge in [0.15, 0.2) is 0 Å². The molecule has 1 aromatic heterocycles. The van der Waals surface area contributed by atoms with E-state index < -0.39 is 5.91 Å². The van der Waals surface area contributed by atoms with Crippen molar-refractivity contribution in [2.45, 2.75) is 13.8 Å². The van der Waals surface area contributed by atoms with E-state index in [1.54, 1.807) is 18.2 Å². The van der Waals surface area contributed by atoms with Crippen molar-refractivity contribution in [1.82, 2.24) is 4.57 Å². The zero-order valence-electron chi connectivity index (χ0n) is 15.6. The summed E-state index contributed by atoms with van der Waals surface area (Å²) >= 11 is 14.2. The van der Waals surface area contributed by atoms with Crippen LogP contribution >= 0.6 is 45.8 Å². The van der Waals surface area contributed by atoms with Crippen LogP contribution < -0.4 is 5.32 Å². The van der Waals surface area contributed by atoms with E-state index >= 15 is 0 Å². The summed E-state index contributed by atoms with van der Waals surface area (Å²) < 4.78 is 3.24. The van der Waals surface area contributed by atoms with Gasteiger partial charge in [-0.1, -0.05) is 23.2 Å². The molecule has 0 fully saturated rings. The summed E-state index contributed by atoms with van der Waals surface area (Å²) in [5, 5.41) is 13.0. The van der Waals surface area contributed by atoms with E-state index in [-0.39, 0.29) is 5.57 Å². The molecular weight excluding hydrogens is 520 g/mol. The van der Waals surface area contributed by atoms with Gasteiger partial charge < -0.3 is 9.88 Å². The second kappa shape index (κ2) is 9.04. The Morgan fingerprint density at radius 2 is 1.83 bits per heavy atom. The molecule has 0 atom stereocenters. The van der Waals surface area contributed by atoms with Crippen LogP contribution in [-0.2, 0) is 4.79 Å². The first-order valence-electron chi connectivity index (χ1n) is 8.63. The normalized spacial score (nSPS) is 11.2. The number of carbonyl (C=O) groups is 1. The Balaban J connectivity index is 1.93. The maximum atomic E-state index is 12.6. The molecule has 0 saturated carbocycles. The summed E-state index contributed by atoms with van der Waals surface area (Å²) in [6.45, 7) is 3.95. The standard InChI is InChI=1S/C22H16Cl2IN3O/c1-13-9-15(14(2)28(13)19-6-4-18(25)5-7-19)10-16(12-26)22(29)27-21-8-3-17(23)11-20(21)24/h3-11H,1-2H3,(H,27,29)/b16-10-. The van der Waals surface area contributed by atoms with E-state index in [0.29, 0.717) is 15.7 Å². The predicted molar refractivity (Wildman–Crippen MR) is 127 cm³/mol. The number of amides is 1. The van der Waals surface area contributed by atoms with Gasteiger partial charge in [-0.15, -0.1) is 0 Å². The van der Waals surface area contributed by atoms with Crippen LogP contribution in [-0.4, -0.2) is 10.5 Å². The third-order valence-corrected chi connectivity index (χ3v) is 5.67. The van der Waals surface area contributed by atoms with E-state index in [1.807, 2.05) is 50.2 Å². The lowest BCUT2D eigenvalue weighted by Gasteiger charge is -2.10. The van der Waals surface area contributed by atoms with Crippen LogP contribution in [0.1, 0.15) is 17.0 Å². The van der Waals surface area contributed by atoms with Crippen LogP contribution in [0.5, 0.6) is 0 Å². The molecule has 4 nitrogen and oxygen atoms in total. The molecule has 0 spiro atoms. The summed E-state index contributed by atoms with van der Waals surface area (Å²) in [6.07, 6.45) is 1.59. The molecule has 0 saturated heterocycles. The SMILES string of the molecule is Cc1cc(/C=C(/C#N)C(=O)Nc2ccc(Cl)cc2Cl)c(C)n1-c1ccc(I)cc1. The minimum absolute atomic E-state index is 0.0149. The number of hydrogen-bond acceptors (Lipinski definition) is 2. The Morgan fingerprint density at radius 3 is 2.45 bits per heavy atom. The fraction of sp³-hybridized carbons (Fsp3) is 0.0909. The van der Waals surface area contributed by atoms with Crippen LogP contribution in [0.15, 0.2) is 54.1 Å². The molecule has 2 aromatic carbocycles. The Labute approximate surface area is 192 Å². The van der Waals surface area contributed by atoms with Crippen molar-refractivity contribution in [3.8, 4) is 11.8 Å². The largest absolute Gasteiger partial charge is 0.320 e. The summed E-state index contributed by atoms with van der Waals surface area (Å²) in [5.41, 5.74) is 4.15. The molecule has 0 aliphatic carbocycles. The molecule has 146 valence electrons. The third-order valence-electron chi connectivity index (χ3n) is 4.40. The van der Waals surface area contributed by atoms with Crippen molar-refractivity contribution in [2.24, 2.45) is 0 Å². The molecule has 3 rings (SSSR count). The molecule has 7 heteroatoms. The molecule has 1 amide bonds. The molecule has 1 heterocycles. The third kappa shape index (κ3) is 4.84. The number of aromatic nitrogens is 1. The second-order valence-corrected chi connectivity index (χ2v) is 8.48. The van der Waals surface area contributed by atoms with E-state index in [4.69, 9.17) is 23.2 Å². The maximum absolute atomic E-state index is 12.6. The lowest BCUT2D eigenvalue weighted by Crippen LogP contribution is -2.13. The van der Waals surface area contributed by atoms with Crippen LogP contribution in [0, 0.1) is 28.7 Å². The number of aryl methyl sites for hydroxylation is 1. The van der Waals surface area contributed by atoms with Gasteiger partial charge in [0.25, 0.3) is 5.91 Å². The van der Waals surface area contributed by atoms with Crippen molar-refractivity contribution in [3.63, 3.8) is 0 Å². The maximum Gasteiger partial charge on any atom is 0.266 e. The predicted octanol–water partition coefficient (Wildman–Crippen LogP) is 6.55. The van der Waals surface area contributed by atoms with E-state index in [0.717, 1.165) is 26.2 Å². The molecule has 29 heavy (non-hydrogen) atoms. The number of anilines is 1. The molecule has 0 aliphatic rings. The van der Waals surface area contributed by atoms with Gasteiger partial charge in [-0.3, -0.25) is 4.79 Å². The zero-order chi connectivity index (χ0) is 21.1. The number of nitrogens with zero attached hydrogens (tertiary/aromatic N) is 2. The van der Waals surface area contributed by atoms with Crippen LogP contribution in [0.4, 0.5) is 5.69 Å². The molecular formula is C22H16Cl2IN3O. The summed E-state index contributed by atoms with van der Waals surface area (Å²) in [4.78, 5) is 12.6. The highest BCUT2D eigenvalue weighted by molar-refractivity contribution is 14.1. The van der Waals surface area contributed by atoms with Gasteiger partial charge in [-0.2, -0.15) is 5.26 Å². The van der Waals surface area contributed by atoms with E-state index in [2.05, 4.69) is 32.5 Å². The van der Waals surface area contributed by atoms with Gasteiger partial charge >= 0.3 is 0 Å².